The topological polar surface area (TPSA) is 36.9 Å². The summed E-state index contributed by atoms with van der Waals surface area (Å²) >= 11 is 1.76. The minimum absolute atomic E-state index is 0. The van der Waals surface area contributed by atoms with E-state index in [1.807, 2.05) is 12.1 Å². The van der Waals surface area contributed by atoms with Gasteiger partial charge in [-0.05, 0) is 56.2 Å². The summed E-state index contributed by atoms with van der Waals surface area (Å²) in [4.78, 5) is 8.32. The Morgan fingerprint density at radius 3 is 2.85 bits per heavy atom. The SMILES string of the molecule is CCNC(=NCCCSc1ccc(F)cc1)N1CCC2(CCOC2)C1.I. The second-order valence-electron chi connectivity index (χ2n) is 6.87. The van der Waals surface area contributed by atoms with Crippen LogP contribution in [0.2, 0.25) is 0 Å². The molecular formula is C19H29FIN3OS. The highest BCUT2D eigenvalue weighted by Gasteiger charge is 2.42. The highest BCUT2D eigenvalue weighted by atomic mass is 127. The Kier molecular flexibility index (Phi) is 8.96. The van der Waals surface area contributed by atoms with E-state index < -0.39 is 0 Å². The first-order valence-corrected chi connectivity index (χ1v) is 10.2. The normalized spacial score (nSPS) is 22.7. The fourth-order valence-electron chi connectivity index (χ4n) is 3.48. The monoisotopic (exact) mass is 493 g/mol. The summed E-state index contributed by atoms with van der Waals surface area (Å²) in [5.74, 6) is 1.85. The van der Waals surface area contributed by atoms with E-state index in [4.69, 9.17) is 9.73 Å². The van der Waals surface area contributed by atoms with Gasteiger partial charge < -0.3 is 15.0 Å². The molecule has 1 atom stereocenters. The molecule has 2 heterocycles. The Bertz CT molecular complexity index is 579. The number of halogens is 2. The van der Waals surface area contributed by atoms with Crippen LogP contribution in [-0.4, -0.2) is 56.0 Å². The van der Waals surface area contributed by atoms with Crippen molar-refractivity contribution in [3.8, 4) is 0 Å². The number of rotatable bonds is 6. The summed E-state index contributed by atoms with van der Waals surface area (Å²) in [5.41, 5.74) is 0.356. The van der Waals surface area contributed by atoms with Crippen LogP contribution < -0.4 is 5.32 Å². The first kappa shape index (κ1) is 21.8. The average Bonchev–Trinajstić information content (AvgIpc) is 3.25. The molecule has 0 saturated carbocycles. The number of guanidine groups is 1. The van der Waals surface area contributed by atoms with Crippen molar-refractivity contribution >= 4 is 41.7 Å². The molecular weight excluding hydrogens is 464 g/mol. The zero-order valence-corrected chi connectivity index (χ0v) is 18.5. The van der Waals surface area contributed by atoms with Crippen LogP contribution in [0.4, 0.5) is 4.39 Å². The number of nitrogens with one attached hydrogen (secondary N) is 1. The van der Waals surface area contributed by atoms with E-state index >= 15 is 0 Å². The van der Waals surface area contributed by atoms with Gasteiger partial charge in [0.25, 0.3) is 0 Å². The smallest absolute Gasteiger partial charge is 0.193 e. The van der Waals surface area contributed by atoms with Crippen LogP contribution in [0.1, 0.15) is 26.2 Å². The third-order valence-electron chi connectivity index (χ3n) is 4.90. The second-order valence-corrected chi connectivity index (χ2v) is 8.03. The average molecular weight is 493 g/mol. The van der Waals surface area contributed by atoms with Gasteiger partial charge in [0.05, 0.1) is 6.61 Å². The molecule has 1 N–H and O–H groups in total. The molecule has 7 heteroatoms. The molecule has 2 aliphatic rings. The maximum absolute atomic E-state index is 12.9. The predicted molar refractivity (Wildman–Crippen MR) is 117 cm³/mol. The summed E-state index contributed by atoms with van der Waals surface area (Å²) in [6.07, 6.45) is 3.40. The number of hydrogen-bond acceptors (Lipinski definition) is 3. The Morgan fingerprint density at radius 2 is 2.15 bits per heavy atom. The zero-order chi connectivity index (χ0) is 17.5. The number of benzene rings is 1. The third kappa shape index (κ3) is 5.99. The van der Waals surface area contributed by atoms with Crippen LogP contribution in [0.25, 0.3) is 0 Å². The van der Waals surface area contributed by atoms with Crippen LogP contribution in [-0.2, 0) is 4.74 Å². The Hall–Kier alpha value is -0.540. The van der Waals surface area contributed by atoms with Gasteiger partial charge in [0, 0.05) is 43.1 Å². The third-order valence-corrected chi connectivity index (χ3v) is 6.00. The van der Waals surface area contributed by atoms with Gasteiger partial charge in [-0.15, -0.1) is 35.7 Å². The van der Waals surface area contributed by atoms with Crippen molar-refractivity contribution in [1.29, 1.82) is 0 Å². The molecule has 0 radical (unpaired) electrons. The van der Waals surface area contributed by atoms with Gasteiger partial charge in [-0.1, -0.05) is 0 Å². The summed E-state index contributed by atoms with van der Waals surface area (Å²) < 4.78 is 18.5. The molecule has 2 saturated heterocycles. The Morgan fingerprint density at radius 1 is 1.35 bits per heavy atom. The highest BCUT2D eigenvalue weighted by Crippen LogP contribution is 2.38. The van der Waals surface area contributed by atoms with Crippen molar-refractivity contribution in [1.82, 2.24) is 10.2 Å². The zero-order valence-electron chi connectivity index (χ0n) is 15.4. The largest absolute Gasteiger partial charge is 0.381 e. The lowest BCUT2D eigenvalue weighted by Crippen LogP contribution is -2.41. The summed E-state index contributed by atoms with van der Waals surface area (Å²) in [6.45, 7) is 7.76. The number of ether oxygens (including phenoxy) is 1. The molecule has 4 nitrogen and oxygen atoms in total. The Labute approximate surface area is 177 Å². The van der Waals surface area contributed by atoms with E-state index in [-0.39, 0.29) is 29.8 Å². The van der Waals surface area contributed by atoms with E-state index in [1.54, 1.807) is 11.8 Å². The van der Waals surface area contributed by atoms with E-state index in [0.717, 1.165) is 62.4 Å². The summed E-state index contributed by atoms with van der Waals surface area (Å²) in [6, 6.07) is 6.70. The highest BCUT2D eigenvalue weighted by molar-refractivity contribution is 14.0. The quantitative estimate of drug-likeness (QED) is 0.214. The summed E-state index contributed by atoms with van der Waals surface area (Å²) in [7, 11) is 0. The van der Waals surface area contributed by atoms with Crippen molar-refractivity contribution in [3.63, 3.8) is 0 Å². The fourth-order valence-corrected chi connectivity index (χ4v) is 4.32. The van der Waals surface area contributed by atoms with E-state index in [1.165, 1.54) is 25.0 Å². The second kappa shape index (κ2) is 10.7. The van der Waals surface area contributed by atoms with Gasteiger partial charge in [-0.3, -0.25) is 4.99 Å². The molecule has 1 aromatic carbocycles. The molecule has 0 aromatic heterocycles. The molecule has 0 amide bonds. The van der Waals surface area contributed by atoms with Gasteiger partial charge in [0.2, 0.25) is 0 Å². The van der Waals surface area contributed by atoms with Crippen molar-refractivity contribution in [2.75, 3.05) is 45.1 Å². The number of aliphatic imine (C=N–C) groups is 1. The van der Waals surface area contributed by atoms with Gasteiger partial charge in [-0.25, -0.2) is 4.39 Å². The molecule has 1 spiro atoms. The molecule has 0 bridgehead atoms. The standard InChI is InChI=1S/C19H28FN3OS.HI/c1-2-21-18(23-11-8-19(14-23)9-12-24-15-19)22-10-3-13-25-17-6-4-16(20)5-7-17;/h4-7H,2-3,8-15H2,1H3,(H,21,22);1H. The van der Waals surface area contributed by atoms with Gasteiger partial charge in [0.15, 0.2) is 5.96 Å². The first-order chi connectivity index (χ1) is 12.2. The van der Waals surface area contributed by atoms with Gasteiger partial charge in [0.1, 0.15) is 5.82 Å². The van der Waals surface area contributed by atoms with E-state index in [2.05, 4.69) is 17.1 Å². The number of likely N-dealkylation sites (tertiary alicyclic amines) is 1. The van der Waals surface area contributed by atoms with E-state index in [0.29, 0.717) is 5.41 Å². The van der Waals surface area contributed by atoms with Crippen LogP contribution >= 0.6 is 35.7 Å². The van der Waals surface area contributed by atoms with Crippen LogP contribution in [0, 0.1) is 11.2 Å². The molecule has 2 aliphatic heterocycles. The fraction of sp³-hybridized carbons (Fsp3) is 0.632. The molecule has 0 aliphatic carbocycles. The summed E-state index contributed by atoms with van der Waals surface area (Å²) in [5, 5.41) is 3.43. The first-order valence-electron chi connectivity index (χ1n) is 9.20. The molecule has 1 aromatic rings. The van der Waals surface area contributed by atoms with Gasteiger partial charge >= 0.3 is 0 Å². The number of hydrogen-bond donors (Lipinski definition) is 1. The molecule has 26 heavy (non-hydrogen) atoms. The number of thioether (sulfide) groups is 1. The van der Waals surface area contributed by atoms with Crippen LogP contribution in [0.15, 0.2) is 34.2 Å². The maximum Gasteiger partial charge on any atom is 0.193 e. The Balaban J connectivity index is 0.00000243. The minimum Gasteiger partial charge on any atom is -0.381 e. The lowest BCUT2D eigenvalue weighted by Gasteiger charge is -2.25. The van der Waals surface area contributed by atoms with Crippen molar-refractivity contribution in [2.45, 2.75) is 31.1 Å². The molecule has 3 rings (SSSR count). The lowest BCUT2D eigenvalue weighted by molar-refractivity contribution is 0.156. The van der Waals surface area contributed by atoms with Crippen molar-refractivity contribution in [2.24, 2.45) is 10.4 Å². The maximum atomic E-state index is 12.9. The predicted octanol–water partition coefficient (Wildman–Crippen LogP) is 4.00. The number of nitrogens with zero attached hydrogens (tertiary/aromatic N) is 2. The van der Waals surface area contributed by atoms with E-state index in [9.17, 15) is 4.39 Å². The van der Waals surface area contributed by atoms with Crippen LogP contribution in [0.3, 0.4) is 0 Å². The van der Waals surface area contributed by atoms with Crippen molar-refractivity contribution in [3.05, 3.63) is 30.1 Å². The molecule has 2 fully saturated rings. The van der Waals surface area contributed by atoms with Crippen molar-refractivity contribution < 1.29 is 9.13 Å². The molecule has 1 unspecified atom stereocenters. The lowest BCUT2D eigenvalue weighted by atomic mass is 9.87. The van der Waals surface area contributed by atoms with Gasteiger partial charge in [-0.2, -0.15) is 0 Å². The van der Waals surface area contributed by atoms with Crippen LogP contribution in [0.5, 0.6) is 0 Å². The molecule has 146 valence electrons. The minimum atomic E-state index is -0.180.